The molecule has 0 aliphatic carbocycles. The van der Waals surface area contributed by atoms with Gasteiger partial charge in [-0.1, -0.05) is 13.8 Å². The molecule has 1 fully saturated rings. The summed E-state index contributed by atoms with van der Waals surface area (Å²) in [6.45, 7) is 7.44. The molecule has 11 heteroatoms. The zero-order chi connectivity index (χ0) is 23.8. The Morgan fingerprint density at radius 2 is 1.94 bits per heavy atom. The van der Waals surface area contributed by atoms with E-state index in [1.807, 2.05) is 0 Å². The number of hydrogen-bond donors (Lipinski definition) is 4. The number of ether oxygens (including phenoxy) is 2. The second-order valence-corrected chi connectivity index (χ2v) is 10.7. The van der Waals surface area contributed by atoms with Gasteiger partial charge in [0.2, 0.25) is 0 Å². The van der Waals surface area contributed by atoms with Crippen LogP contribution in [0.4, 0.5) is 4.39 Å². The molecule has 178 valence electrons. The summed E-state index contributed by atoms with van der Waals surface area (Å²) in [5, 5.41) is 19.1. The van der Waals surface area contributed by atoms with Gasteiger partial charge in [0.15, 0.2) is 5.34 Å². The molecule has 31 heavy (non-hydrogen) atoms. The van der Waals surface area contributed by atoms with E-state index in [1.54, 1.807) is 20.8 Å². The quantitative estimate of drug-likeness (QED) is 0.408. The van der Waals surface area contributed by atoms with Crippen LogP contribution in [0.25, 0.3) is 0 Å². The highest BCUT2D eigenvalue weighted by molar-refractivity contribution is 7.54. The largest absolute Gasteiger partial charge is 0.388 e. The van der Waals surface area contributed by atoms with Gasteiger partial charge in [0.1, 0.15) is 24.1 Å². The van der Waals surface area contributed by atoms with Gasteiger partial charge in [0.05, 0.1) is 17.3 Å². The second-order valence-electron chi connectivity index (χ2n) is 8.49. The van der Waals surface area contributed by atoms with Crippen molar-refractivity contribution in [2.75, 3.05) is 7.11 Å². The molecule has 4 N–H and O–H groups in total. The number of halogens is 1. The number of pyridine rings is 1. The number of nitrogens with one attached hydrogen (secondary N) is 1. The molecule has 0 amide bonds. The average Bonchev–Trinajstić information content (AvgIpc) is 3.00. The molecule has 9 nitrogen and oxygen atoms in total. The lowest BCUT2D eigenvalue weighted by atomic mass is 9.92. The first kappa shape index (κ1) is 26.1. The number of aromatic amines is 1. The number of aliphatic hydroxyl groups excluding tert-OH is 1. The molecule has 7 unspecified atom stereocenters. The van der Waals surface area contributed by atoms with Crippen molar-refractivity contribution < 1.29 is 38.1 Å². The van der Waals surface area contributed by atoms with Gasteiger partial charge in [0.25, 0.3) is 5.56 Å². The molecule has 1 aromatic heterocycles. The lowest BCUT2D eigenvalue weighted by molar-refractivity contribution is -0.0536. The minimum absolute atomic E-state index is 0.00177. The molecule has 0 saturated carbocycles. The van der Waals surface area contributed by atoms with Crippen LogP contribution in [-0.4, -0.2) is 56.5 Å². The minimum atomic E-state index is -4.44. The first-order valence-corrected chi connectivity index (χ1v) is 11.8. The van der Waals surface area contributed by atoms with Gasteiger partial charge >= 0.3 is 7.60 Å². The van der Waals surface area contributed by atoms with E-state index in [9.17, 15) is 28.9 Å². The maximum atomic E-state index is 14.7. The van der Waals surface area contributed by atoms with E-state index in [0.717, 1.165) is 0 Å². The molecule has 0 bridgehead atoms. The highest BCUT2D eigenvalue weighted by Crippen LogP contribution is 2.59. The van der Waals surface area contributed by atoms with Crippen molar-refractivity contribution in [2.24, 2.45) is 0 Å². The van der Waals surface area contributed by atoms with Crippen LogP contribution in [-0.2, 0) is 18.6 Å². The Bertz CT molecular complexity index is 890. The highest BCUT2D eigenvalue weighted by Gasteiger charge is 2.51. The smallest absolute Gasteiger partial charge is 0.359 e. The fraction of sp³-hybridized carbons (Fsp3) is 0.750. The van der Waals surface area contributed by atoms with Crippen molar-refractivity contribution >= 4 is 7.60 Å². The van der Waals surface area contributed by atoms with Gasteiger partial charge in [-0.3, -0.25) is 9.36 Å². The van der Waals surface area contributed by atoms with Gasteiger partial charge < -0.3 is 34.1 Å². The van der Waals surface area contributed by atoms with Gasteiger partial charge in [-0.25, -0.2) is 4.39 Å². The lowest BCUT2D eigenvalue weighted by Gasteiger charge is -2.37. The molecule has 7 atom stereocenters. The number of aromatic nitrogens is 1. The topological polar surface area (TPSA) is 138 Å². The monoisotopic (exact) mass is 465 g/mol. The Balaban J connectivity index is 2.31. The lowest BCUT2D eigenvalue weighted by Crippen LogP contribution is -2.40. The van der Waals surface area contributed by atoms with Crippen LogP contribution >= 0.6 is 7.60 Å². The number of H-pyrrole nitrogens is 1. The Hall–Kier alpha value is -1.13. The maximum Gasteiger partial charge on any atom is 0.359 e. The van der Waals surface area contributed by atoms with Crippen LogP contribution in [0.5, 0.6) is 0 Å². The minimum Gasteiger partial charge on any atom is -0.388 e. The first-order chi connectivity index (χ1) is 14.2. The van der Waals surface area contributed by atoms with Gasteiger partial charge in [0, 0.05) is 25.3 Å². The van der Waals surface area contributed by atoms with Crippen molar-refractivity contribution in [3.8, 4) is 0 Å². The molecule has 1 aliphatic heterocycles. The predicted octanol–water partition coefficient (Wildman–Crippen LogP) is 2.52. The molecular formula is C20H33FNO8P. The van der Waals surface area contributed by atoms with Crippen molar-refractivity contribution in [1.82, 2.24) is 4.98 Å². The Morgan fingerprint density at radius 3 is 2.45 bits per heavy atom. The van der Waals surface area contributed by atoms with Crippen LogP contribution in [0, 0.1) is 12.7 Å². The molecule has 2 rings (SSSR count). The van der Waals surface area contributed by atoms with Crippen LogP contribution in [0.15, 0.2) is 11.0 Å². The fourth-order valence-corrected chi connectivity index (χ4v) is 4.92. The number of rotatable bonds is 9. The van der Waals surface area contributed by atoms with E-state index in [-0.39, 0.29) is 30.4 Å². The number of hydrogen-bond acceptors (Lipinski definition) is 7. The van der Waals surface area contributed by atoms with Gasteiger partial charge in [-0.15, -0.1) is 0 Å². The van der Waals surface area contributed by atoms with E-state index in [0.29, 0.717) is 0 Å². The third kappa shape index (κ3) is 5.11. The van der Waals surface area contributed by atoms with Crippen molar-refractivity contribution in [3.05, 3.63) is 33.5 Å². The van der Waals surface area contributed by atoms with Crippen LogP contribution in [0.2, 0.25) is 0 Å². The van der Waals surface area contributed by atoms with Crippen molar-refractivity contribution in [1.29, 1.82) is 0 Å². The van der Waals surface area contributed by atoms with Gasteiger partial charge in [-0.05, 0) is 33.6 Å². The summed E-state index contributed by atoms with van der Waals surface area (Å²) >= 11 is 0. The number of aliphatic hydroxyl groups is 2. The Kier molecular flexibility index (Phi) is 7.91. The molecule has 0 radical (unpaired) electrons. The van der Waals surface area contributed by atoms with Crippen LogP contribution in [0.3, 0.4) is 0 Å². The number of methoxy groups -OCH3 is 1. The predicted molar refractivity (Wildman–Crippen MR) is 111 cm³/mol. The highest BCUT2D eigenvalue weighted by atomic mass is 31.2. The van der Waals surface area contributed by atoms with Crippen LogP contribution < -0.4 is 5.56 Å². The Morgan fingerprint density at radius 1 is 1.32 bits per heavy atom. The molecule has 0 aromatic carbocycles. The fourth-order valence-electron chi connectivity index (χ4n) is 3.53. The van der Waals surface area contributed by atoms with E-state index in [1.165, 1.54) is 27.2 Å². The summed E-state index contributed by atoms with van der Waals surface area (Å²) in [5.41, 5.74) is -1.88. The summed E-state index contributed by atoms with van der Waals surface area (Å²) < 4.78 is 44.2. The van der Waals surface area contributed by atoms with Gasteiger partial charge in [-0.2, -0.15) is 0 Å². The third-order valence-corrected chi connectivity index (χ3v) is 8.42. The average molecular weight is 465 g/mol. The van der Waals surface area contributed by atoms with Crippen molar-refractivity contribution in [2.45, 2.75) is 89.2 Å². The molecule has 0 spiro atoms. The summed E-state index contributed by atoms with van der Waals surface area (Å²) in [5.74, 6) is -0.753. The maximum absolute atomic E-state index is 14.7. The standard InChI is InChI=1S/C20H33FNO8P/c1-7-19(4,30-31(26,27)20(5,25)8-2)9-13-15(23)17(28-6)16(29-13)12-10-22-18(24)11(3)14(12)21/h10,13,15-17,23,25H,7-9H2,1-6H3,(H,22,24)(H,26,27). The van der Waals surface area contributed by atoms with Crippen LogP contribution in [0.1, 0.15) is 64.2 Å². The van der Waals surface area contributed by atoms with E-state index >= 15 is 0 Å². The molecule has 2 heterocycles. The zero-order valence-electron chi connectivity index (χ0n) is 18.7. The molecule has 1 aromatic rings. The molecular weight excluding hydrogens is 432 g/mol. The summed E-state index contributed by atoms with van der Waals surface area (Å²) in [6, 6.07) is 0. The Labute approximate surface area is 181 Å². The summed E-state index contributed by atoms with van der Waals surface area (Å²) in [7, 11) is -3.09. The van der Waals surface area contributed by atoms with Crippen molar-refractivity contribution in [3.63, 3.8) is 0 Å². The molecule has 1 aliphatic rings. The SMILES string of the molecule is CCC(C)(CC1OC(c2c[nH]c(=O)c(C)c2F)C(OC)C1O)OP(=O)(O)C(C)(O)CC. The third-order valence-electron chi connectivity index (χ3n) is 6.20. The first-order valence-electron chi connectivity index (χ1n) is 10.2. The van der Waals surface area contributed by atoms with E-state index in [4.69, 9.17) is 14.0 Å². The zero-order valence-corrected chi connectivity index (χ0v) is 19.6. The second kappa shape index (κ2) is 9.39. The summed E-state index contributed by atoms with van der Waals surface area (Å²) in [4.78, 5) is 24.4. The van der Waals surface area contributed by atoms with E-state index in [2.05, 4.69) is 4.98 Å². The summed E-state index contributed by atoms with van der Waals surface area (Å²) in [6.07, 6.45) is -2.62. The normalized spacial score (nSPS) is 29.9. The molecule has 1 saturated heterocycles. The van der Waals surface area contributed by atoms with E-state index < -0.39 is 54.3 Å².